The summed E-state index contributed by atoms with van der Waals surface area (Å²) in [7, 11) is 0. The van der Waals surface area contributed by atoms with E-state index in [-0.39, 0.29) is 65.4 Å². The first-order chi connectivity index (χ1) is 0. The molecule has 0 aromatic rings. The number of hydrogen-bond donors (Lipinski definition) is 0. The summed E-state index contributed by atoms with van der Waals surface area (Å²) in [5.74, 6) is 0. The van der Waals surface area contributed by atoms with Gasteiger partial charge >= 0.3 is 11.4 Å². The van der Waals surface area contributed by atoms with E-state index in [2.05, 4.69) is 0 Å². The lowest BCUT2D eigenvalue weighted by Gasteiger charge is -2.00. The molecule has 0 amide bonds. The van der Waals surface area contributed by atoms with E-state index in [9.17, 15) is 0 Å². The van der Waals surface area contributed by atoms with E-state index in [0.29, 0.717) is 0 Å². The summed E-state index contributed by atoms with van der Waals surface area (Å²) in [6.07, 6.45) is 0. The van der Waals surface area contributed by atoms with E-state index in [1.54, 1.807) is 0 Å². The lowest BCUT2D eigenvalue weighted by atomic mass is 32.1. The fourth-order valence-electron chi connectivity index (χ4n) is 0. The molecule has 0 rings (SSSR count). The lowest BCUT2D eigenvalue weighted by Crippen LogP contribution is -0.00340. The fraction of sp³-hybridized carbons (Fsp3) is 0. The van der Waals surface area contributed by atoms with Gasteiger partial charge in [-0.1, -0.05) is 0 Å². The normalized spacial score (nSPS) is 0. The molecule has 0 aromatic carbocycles. The van der Waals surface area contributed by atoms with Crippen molar-refractivity contribution in [2.45, 2.75) is 0 Å². The summed E-state index contributed by atoms with van der Waals surface area (Å²) in [6.45, 7) is 0. The van der Waals surface area contributed by atoms with E-state index in [1.165, 1.54) is 0 Å². The summed E-state index contributed by atoms with van der Waals surface area (Å²) < 4.78 is 0. The van der Waals surface area contributed by atoms with Crippen molar-refractivity contribution in [3.05, 3.63) is 0 Å². The second kappa shape index (κ2) is 26.0. The molecule has 0 saturated carbocycles. The summed E-state index contributed by atoms with van der Waals surface area (Å²) in [5.41, 5.74) is 0. The van der Waals surface area contributed by atoms with Crippen LogP contribution in [0.2, 0.25) is 0 Å². The maximum Gasteiger partial charge on any atom is 1.00 e. The zero-order chi connectivity index (χ0) is 0. The maximum absolute atomic E-state index is 0. The molecule has 0 unspecified atom stereocenters. The zero-order valence-corrected chi connectivity index (χ0v) is 4.90. The fourth-order valence-corrected chi connectivity index (χ4v) is 0. The Kier molecular flexibility index (Phi) is 346. The standard InChI is InChI=1S/4S/q4*-2/p+8. The van der Waals surface area contributed by atoms with Crippen LogP contribution in [0.25, 0.3) is 0 Å². The molecule has 0 N–H and O–H groups in total. The van der Waals surface area contributed by atoms with Gasteiger partial charge in [-0.3, -0.25) is 0 Å². The Morgan fingerprint density at radius 3 is 0.500 bits per heavy atom. The Balaban J connectivity index is 0. The van der Waals surface area contributed by atoms with Crippen LogP contribution in [0, 0.1) is 0 Å². The van der Waals surface area contributed by atoms with Gasteiger partial charge in [0.1, 0.15) is 0 Å². The highest BCUT2D eigenvalue weighted by Crippen LogP contribution is 0.000600. The van der Waals surface area contributed by atoms with Crippen molar-refractivity contribution in [1.82, 2.24) is 0 Å². The van der Waals surface area contributed by atoms with Gasteiger partial charge in [0.2, 0.25) is 0 Å². The monoisotopic (exact) mass is 136 g/mol. The first-order valence-electron chi connectivity index (χ1n) is 0. The molecule has 4 heteroatoms. The third-order valence-electron chi connectivity index (χ3n) is 0. The molecule has 0 bridgehead atoms. The smallest absolute Gasteiger partial charge is 1.00 e. The van der Waals surface area contributed by atoms with E-state index < -0.39 is 0 Å². The Hall–Kier alpha value is 1.40. The van der Waals surface area contributed by atoms with Crippen molar-refractivity contribution in [1.29, 1.82) is 0 Å². The quantitative estimate of drug-likeness (QED) is 0.464. The lowest BCUT2D eigenvalue weighted by molar-refractivity contribution is 7.36. The summed E-state index contributed by atoms with van der Waals surface area (Å²) in [6, 6.07) is 0. The predicted molar refractivity (Wildman–Crippen MR) is 38.4 cm³/mol. The maximum atomic E-state index is 0. The Labute approximate surface area is 66.0 Å². The molecule has 0 aliphatic rings. The summed E-state index contributed by atoms with van der Waals surface area (Å²) in [5, 5.41) is 0. The van der Waals surface area contributed by atoms with Crippen LogP contribution >= 0.6 is 0 Å². The molecule has 32 valence electrons. The molecule has 0 aromatic heterocycles. The average Bonchev–Trinajstić information content (AvgIpc) is 0. The highest BCUT2D eigenvalue weighted by molar-refractivity contribution is 7.37. The number of hydrogen-bond acceptors (Lipinski definition) is 0. The Bertz CT molecular complexity index is 11.0. The van der Waals surface area contributed by atoms with E-state index >= 15 is 0 Å². The molecule has 0 saturated heterocycles. The minimum Gasteiger partial charge on any atom is -2.00 e. The van der Waals surface area contributed by atoms with Crippen molar-refractivity contribution in [3.63, 3.8) is 0 Å². The van der Waals surface area contributed by atoms with Crippen molar-refractivity contribution < 1.29 is 11.4 Å². The van der Waals surface area contributed by atoms with Gasteiger partial charge in [-0.25, -0.2) is 0 Å². The Morgan fingerprint density at radius 1 is 0.500 bits per heavy atom. The molecule has 4 heavy (non-hydrogen) atoms. The molecular formula is H8S4. The molecule has 0 nitrogen and oxygen atoms in total. The second-order valence-corrected chi connectivity index (χ2v) is 0. The molecule has 0 aliphatic carbocycles. The Morgan fingerprint density at radius 2 is 0.500 bits per heavy atom. The van der Waals surface area contributed by atoms with Gasteiger partial charge < -0.3 is 54.0 Å². The van der Waals surface area contributed by atoms with Crippen LogP contribution in [0.5, 0.6) is 0 Å². The van der Waals surface area contributed by atoms with Gasteiger partial charge in [-0.15, -0.1) is 0 Å². The van der Waals surface area contributed by atoms with Crippen molar-refractivity contribution in [2.75, 3.05) is 0 Å². The third-order valence-corrected chi connectivity index (χ3v) is 0. The van der Waals surface area contributed by atoms with Gasteiger partial charge in [-0.2, -0.15) is 0 Å². The van der Waals surface area contributed by atoms with Gasteiger partial charge in [-0.05, 0) is 0 Å². The zero-order valence-electron chi connectivity index (χ0n) is 9.63. The van der Waals surface area contributed by atoms with E-state index in [4.69, 9.17) is 0 Å². The molecule has 0 heterocycles. The van der Waals surface area contributed by atoms with Crippen LogP contribution < -0.4 is 0 Å². The van der Waals surface area contributed by atoms with E-state index in [1.807, 2.05) is 0 Å². The summed E-state index contributed by atoms with van der Waals surface area (Å²) in [4.78, 5) is 0. The van der Waals surface area contributed by atoms with E-state index in [0.717, 1.165) is 0 Å². The largest absolute Gasteiger partial charge is 2.00 e. The average molecular weight is 136 g/mol. The van der Waals surface area contributed by atoms with Crippen LogP contribution in [0.1, 0.15) is 11.4 Å². The van der Waals surface area contributed by atoms with Crippen LogP contribution in [-0.4, -0.2) is 0 Å². The third kappa shape index (κ3) is 9.99. The highest BCUT2D eigenvalue weighted by atomic mass is 32.1. The van der Waals surface area contributed by atoms with Crippen molar-refractivity contribution >= 4 is 54.0 Å². The van der Waals surface area contributed by atoms with Crippen molar-refractivity contribution in [2.24, 2.45) is 0 Å². The predicted octanol–water partition coefficient (Wildman–Crippen LogP) is 0.890. The van der Waals surface area contributed by atoms with Crippen LogP contribution in [0.15, 0.2) is 0 Å². The minimum absolute atomic E-state index is 0. The van der Waals surface area contributed by atoms with Gasteiger partial charge in [0, 0.05) is 0 Å². The van der Waals surface area contributed by atoms with Crippen LogP contribution in [0.4, 0.5) is 0 Å². The van der Waals surface area contributed by atoms with Gasteiger partial charge in [0.25, 0.3) is 0 Å². The second-order valence-electron chi connectivity index (χ2n) is 0. The first-order valence-corrected chi connectivity index (χ1v) is 0. The molecule has 0 spiro atoms. The summed E-state index contributed by atoms with van der Waals surface area (Å²) >= 11 is 0. The van der Waals surface area contributed by atoms with Crippen LogP contribution in [0.3, 0.4) is 0 Å². The molecule has 0 atom stereocenters. The molecule has 0 fully saturated rings. The SMILES string of the molecule is [H+].[H+].[H+].[H+].[H+].[H+].[H+].[H+].[S-2].[S-2].[S-2].[S-2]. The molecule has 0 aliphatic heterocycles. The van der Waals surface area contributed by atoms with Crippen LogP contribution in [-0.2, 0) is 54.0 Å². The topological polar surface area (TPSA) is 0 Å². The highest BCUT2D eigenvalue weighted by Gasteiger charge is -2.00. The molecular weight excluding hydrogens is 128 g/mol. The number of rotatable bonds is 0. The first kappa shape index (κ1) is 53.3. The van der Waals surface area contributed by atoms with Gasteiger partial charge in [0.15, 0.2) is 0 Å². The molecule has 0 radical (unpaired) electrons. The van der Waals surface area contributed by atoms with Crippen molar-refractivity contribution in [3.8, 4) is 0 Å². The minimum atomic E-state index is 0. The van der Waals surface area contributed by atoms with Gasteiger partial charge in [0.05, 0.1) is 0 Å².